The van der Waals surface area contributed by atoms with Crippen LogP contribution in [0.2, 0.25) is 10.0 Å². The molecule has 0 unspecified atom stereocenters. The standard InChI is InChI=1S/C17H20Cl2FN3O2/c1-9(10-5-13(20)12(19)6-11(10)18)21-8-15(24)22-16-7-14(23-25-16)17(2,3)4/h5-7,9,21H,8H2,1-4H3,(H,22,24)/p+1/t9-/m0/s1. The van der Waals surface area contributed by atoms with Gasteiger partial charge in [0.05, 0.1) is 15.7 Å². The van der Waals surface area contributed by atoms with Gasteiger partial charge in [0, 0.05) is 17.0 Å². The first-order valence-corrected chi connectivity index (χ1v) is 8.58. The van der Waals surface area contributed by atoms with Gasteiger partial charge in [0.25, 0.3) is 5.91 Å². The van der Waals surface area contributed by atoms with Crippen molar-refractivity contribution >= 4 is 35.0 Å². The molecule has 0 bridgehead atoms. The minimum atomic E-state index is -0.540. The van der Waals surface area contributed by atoms with Crippen LogP contribution in [-0.4, -0.2) is 17.6 Å². The van der Waals surface area contributed by atoms with Crippen LogP contribution < -0.4 is 10.6 Å². The molecule has 25 heavy (non-hydrogen) atoms. The van der Waals surface area contributed by atoms with Crippen molar-refractivity contribution in [2.75, 3.05) is 11.9 Å². The molecule has 136 valence electrons. The lowest BCUT2D eigenvalue weighted by atomic mass is 9.92. The average molecular weight is 389 g/mol. The molecule has 0 aliphatic carbocycles. The number of nitrogens with zero attached hydrogens (tertiary/aromatic N) is 1. The summed E-state index contributed by atoms with van der Waals surface area (Å²) in [5, 5.41) is 8.66. The minimum absolute atomic E-state index is 0.0290. The van der Waals surface area contributed by atoms with E-state index in [9.17, 15) is 9.18 Å². The summed E-state index contributed by atoms with van der Waals surface area (Å²) < 4.78 is 18.7. The lowest BCUT2D eigenvalue weighted by Crippen LogP contribution is -2.86. The summed E-state index contributed by atoms with van der Waals surface area (Å²) in [6, 6.07) is 4.13. The van der Waals surface area contributed by atoms with Gasteiger partial charge in [-0.25, -0.2) is 4.39 Å². The van der Waals surface area contributed by atoms with Crippen molar-refractivity contribution in [1.29, 1.82) is 0 Å². The highest BCUT2D eigenvalue weighted by Crippen LogP contribution is 2.27. The third kappa shape index (κ3) is 5.17. The second-order valence-electron chi connectivity index (χ2n) is 6.89. The highest BCUT2D eigenvalue weighted by atomic mass is 35.5. The zero-order chi connectivity index (χ0) is 18.8. The van der Waals surface area contributed by atoms with Gasteiger partial charge in [0.2, 0.25) is 5.88 Å². The predicted octanol–water partition coefficient (Wildman–Crippen LogP) is 3.68. The van der Waals surface area contributed by atoms with E-state index in [1.54, 1.807) is 11.4 Å². The Balaban J connectivity index is 1.93. The highest BCUT2D eigenvalue weighted by Gasteiger charge is 2.21. The van der Waals surface area contributed by atoms with Gasteiger partial charge in [-0.1, -0.05) is 49.1 Å². The van der Waals surface area contributed by atoms with E-state index in [2.05, 4.69) is 10.5 Å². The molecular formula is C17H21Cl2FN3O2+. The van der Waals surface area contributed by atoms with Gasteiger partial charge in [-0.05, 0) is 19.1 Å². The van der Waals surface area contributed by atoms with Crippen LogP contribution in [0.15, 0.2) is 22.7 Å². The van der Waals surface area contributed by atoms with Crippen LogP contribution in [0.1, 0.15) is 45.0 Å². The van der Waals surface area contributed by atoms with E-state index in [0.717, 1.165) is 5.69 Å². The van der Waals surface area contributed by atoms with Crippen molar-refractivity contribution in [1.82, 2.24) is 5.16 Å². The SMILES string of the molecule is C[C@H]([NH2+]CC(=O)Nc1cc(C(C)(C)C)no1)c1cc(F)c(Cl)cc1Cl. The number of amides is 1. The quantitative estimate of drug-likeness (QED) is 0.767. The summed E-state index contributed by atoms with van der Waals surface area (Å²) in [6.45, 7) is 7.95. The van der Waals surface area contributed by atoms with E-state index < -0.39 is 5.82 Å². The second kappa shape index (κ2) is 7.72. The summed E-state index contributed by atoms with van der Waals surface area (Å²) in [7, 11) is 0. The Labute approximate surface area is 155 Å². The summed E-state index contributed by atoms with van der Waals surface area (Å²) in [6.07, 6.45) is 0. The molecular weight excluding hydrogens is 368 g/mol. The zero-order valence-corrected chi connectivity index (χ0v) is 16.0. The van der Waals surface area contributed by atoms with Gasteiger partial charge >= 0.3 is 0 Å². The molecule has 0 radical (unpaired) electrons. The third-order valence-corrected chi connectivity index (χ3v) is 4.35. The number of hydrogen-bond donors (Lipinski definition) is 2. The number of aromatic nitrogens is 1. The number of carbonyl (C=O) groups excluding carboxylic acids is 1. The average Bonchev–Trinajstić information content (AvgIpc) is 2.97. The third-order valence-electron chi connectivity index (χ3n) is 3.73. The van der Waals surface area contributed by atoms with E-state index in [1.807, 2.05) is 27.7 Å². The monoisotopic (exact) mass is 388 g/mol. The van der Waals surface area contributed by atoms with Crippen molar-refractivity contribution in [2.24, 2.45) is 0 Å². The zero-order valence-electron chi connectivity index (χ0n) is 14.5. The largest absolute Gasteiger partial charge is 0.338 e. The number of quaternary nitrogens is 1. The van der Waals surface area contributed by atoms with Crippen LogP contribution in [0.25, 0.3) is 0 Å². The molecule has 1 aromatic carbocycles. The molecule has 0 fully saturated rings. The maximum absolute atomic E-state index is 13.6. The molecule has 0 spiro atoms. The molecule has 0 saturated carbocycles. The molecule has 0 saturated heterocycles. The Bertz CT molecular complexity index is 772. The molecule has 1 aromatic heterocycles. The van der Waals surface area contributed by atoms with Gasteiger partial charge in [-0.15, -0.1) is 0 Å². The van der Waals surface area contributed by atoms with Crippen molar-refractivity contribution in [2.45, 2.75) is 39.2 Å². The fourth-order valence-electron chi connectivity index (χ4n) is 2.17. The first-order valence-electron chi connectivity index (χ1n) is 7.82. The normalized spacial score (nSPS) is 12.9. The number of nitrogens with two attached hydrogens (primary N) is 1. The Morgan fingerprint density at radius 2 is 2.00 bits per heavy atom. The fraction of sp³-hybridized carbons (Fsp3) is 0.412. The fourth-order valence-corrected chi connectivity index (χ4v) is 2.73. The van der Waals surface area contributed by atoms with Crippen LogP contribution in [-0.2, 0) is 10.2 Å². The highest BCUT2D eigenvalue weighted by molar-refractivity contribution is 6.35. The number of carbonyl (C=O) groups is 1. The van der Waals surface area contributed by atoms with Gasteiger partial charge < -0.3 is 9.84 Å². The number of benzene rings is 1. The molecule has 2 rings (SSSR count). The first kappa shape index (κ1) is 19.7. The Hall–Kier alpha value is -1.63. The predicted molar refractivity (Wildman–Crippen MR) is 95.5 cm³/mol. The topological polar surface area (TPSA) is 71.7 Å². The molecule has 0 aliphatic rings. The van der Waals surface area contributed by atoms with Crippen LogP contribution in [0.3, 0.4) is 0 Å². The first-order chi connectivity index (χ1) is 11.6. The molecule has 8 heteroatoms. The molecule has 1 atom stereocenters. The maximum Gasteiger partial charge on any atom is 0.281 e. The lowest BCUT2D eigenvalue weighted by molar-refractivity contribution is -0.682. The van der Waals surface area contributed by atoms with Crippen LogP contribution in [0.5, 0.6) is 0 Å². The van der Waals surface area contributed by atoms with Crippen molar-refractivity contribution in [3.63, 3.8) is 0 Å². The van der Waals surface area contributed by atoms with Crippen molar-refractivity contribution in [3.8, 4) is 0 Å². The molecule has 5 nitrogen and oxygen atoms in total. The molecule has 1 heterocycles. The summed E-state index contributed by atoms with van der Waals surface area (Å²) in [4.78, 5) is 12.1. The summed E-state index contributed by atoms with van der Waals surface area (Å²) in [5.74, 6) is -0.497. The minimum Gasteiger partial charge on any atom is -0.338 e. The van der Waals surface area contributed by atoms with Gasteiger partial charge in [-0.3, -0.25) is 10.1 Å². The van der Waals surface area contributed by atoms with E-state index >= 15 is 0 Å². The van der Waals surface area contributed by atoms with Crippen molar-refractivity contribution < 1.29 is 19.0 Å². The number of hydrogen-bond acceptors (Lipinski definition) is 3. The number of anilines is 1. The Kier molecular flexibility index (Phi) is 6.08. The molecule has 2 aromatic rings. The van der Waals surface area contributed by atoms with E-state index in [1.165, 1.54) is 12.1 Å². The smallest absolute Gasteiger partial charge is 0.281 e. The van der Waals surface area contributed by atoms with Gasteiger partial charge in [-0.2, -0.15) is 0 Å². The van der Waals surface area contributed by atoms with Crippen LogP contribution in [0.4, 0.5) is 10.3 Å². The maximum atomic E-state index is 13.6. The van der Waals surface area contributed by atoms with E-state index in [0.29, 0.717) is 16.5 Å². The van der Waals surface area contributed by atoms with Crippen LogP contribution in [0, 0.1) is 5.82 Å². The lowest BCUT2D eigenvalue weighted by Gasteiger charge is -2.13. The molecule has 3 N–H and O–H groups in total. The van der Waals surface area contributed by atoms with Crippen LogP contribution >= 0.6 is 23.2 Å². The van der Waals surface area contributed by atoms with Crippen molar-refractivity contribution in [3.05, 3.63) is 45.3 Å². The Morgan fingerprint density at radius 1 is 1.32 bits per heavy atom. The number of rotatable bonds is 5. The Morgan fingerprint density at radius 3 is 2.60 bits per heavy atom. The molecule has 1 amide bonds. The van der Waals surface area contributed by atoms with E-state index in [4.69, 9.17) is 27.7 Å². The summed E-state index contributed by atoms with van der Waals surface area (Å²) >= 11 is 11.8. The van der Waals surface area contributed by atoms with Gasteiger partial charge in [0.1, 0.15) is 11.9 Å². The number of nitrogens with one attached hydrogen (secondary N) is 1. The summed E-state index contributed by atoms with van der Waals surface area (Å²) in [5.41, 5.74) is 1.16. The van der Waals surface area contributed by atoms with E-state index in [-0.39, 0.29) is 28.9 Å². The van der Waals surface area contributed by atoms with Gasteiger partial charge in [0.15, 0.2) is 6.54 Å². The second-order valence-corrected chi connectivity index (χ2v) is 7.71. The number of halogens is 3. The molecule has 0 aliphatic heterocycles.